The average molecular weight is 258 g/mol. The SMILES string of the molecule is CCCC(C)(N)C(=O)NCc1ccncc1.Cl. The minimum absolute atomic E-state index is 0. The number of pyridine rings is 1. The minimum atomic E-state index is -0.776. The zero-order chi connectivity index (χ0) is 12.0. The van der Waals surface area contributed by atoms with Crippen LogP contribution in [0.5, 0.6) is 0 Å². The van der Waals surface area contributed by atoms with Crippen molar-refractivity contribution in [3.63, 3.8) is 0 Å². The molecule has 1 aromatic rings. The lowest BCUT2D eigenvalue weighted by Gasteiger charge is -2.22. The quantitative estimate of drug-likeness (QED) is 0.843. The van der Waals surface area contributed by atoms with E-state index in [0.29, 0.717) is 13.0 Å². The van der Waals surface area contributed by atoms with Crippen LogP contribution in [0.15, 0.2) is 24.5 Å². The fourth-order valence-electron chi connectivity index (χ4n) is 1.52. The van der Waals surface area contributed by atoms with Crippen LogP contribution in [0.2, 0.25) is 0 Å². The van der Waals surface area contributed by atoms with Crippen molar-refractivity contribution in [1.82, 2.24) is 10.3 Å². The summed E-state index contributed by atoms with van der Waals surface area (Å²) in [5.41, 5.74) is 6.16. The molecule has 17 heavy (non-hydrogen) atoms. The van der Waals surface area contributed by atoms with Gasteiger partial charge in [0.05, 0.1) is 5.54 Å². The van der Waals surface area contributed by atoms with E-state index >= 15 is 0 Å². The maximum absolute atomic E-state index is 11.8. The third-order valence-electron chi connectivity index (χ3n) is 2.49. The standard InChI is InChI=1S/C12H19N3O.ClH/c1-3-6-12(2,13)11(16)15-9-10-4-7-14-8-5-10;/h4-5,7-8H,3,6,9,13H2,1-2H3,(H,15,16);1H. The van der Waals surface area contributed by atoms with Gasteiger partial charge in [-0.15, -0.1) is 12.4 Å². The van der Waals surface area contributed by atoms with Gasteiger partial charge in [0.25, 0.3) is 0 Å². The molecule has 1 rings (SSSR count). The monoisotopic (exact) mass is 257 g/mol. The first-order valence-electron chi connectivity index (χ1n) is 5.52. The van der Waals surface area contributed by atoms with E-state index in [1.807, 2.05) is 19.1 Å². The number of nitrogens with zero attached hydrogens (tertiary/aromatic N) is 1. The molecule has 0 saturated carbocycles. The third-order valence-corrected chi connectivity index (χ3v) is 2.49. The van der Waals surface area contributed by atoms with Crippen LogP contribution in [-0.2, 0) is 11.3 Å². The van der Waals surface area contributed by atoms with Gasteiger partial charge in [0.2, 0.25) is 5.91 Å². The number of halogens is 1. The van der Waals surface area contributed by atoms with Crippen LogP contribution in [0.4, 0.5) is 0 Å². The Labute approximate surface area is 108 Å². The Balaban J connectivity index is 0.00000256. The van der Waals surface area contributed by atoms with Crippen molar-refractivity contribution in [3.8, 4) is 0 Å². The Morgan fingerprint density at radius 2 is 2.06 bits per heavy atom. The molecule has 1 heterocycles. The number of nitrogens with one attached hydrogen (secondary N) is 1. The second-order valence-corrected chi connectivity index (χ2v) is 4.21. The van der Waals surface area contributed by atoms with Gasteiger partial charge in [0, 0.05) is 18.9 Å². The van der Waals surface area contributed by atoms with Crippen LogP contribution in [0, 0.1) is 0 Å². The van der Waals surface area contributed by atoms with E-state index in [9.17, 15) is 4.79 Å². The van der Waals surface area contributed by atoms with E-state index < -0.39 is 5.54 Å². The van der Waals surface area contributed by atoms with E-state index in [4.69, 9.17) is 5.73 Å². The molecule has 1 unspecified atom stereocenters. The lowest BCUT2D eigenvalue weighted by atomic mass is 9.96. The number of aromatic nitrogens is 1. The van der Waals surface area contributed by atoms with Gasteiger partial charge in [-0.3, -0.25) is 9.78 Å². The van der Waals surface area contributed by atoms with Crippen molar-refractivity contribution in [2.75, 3.05) is 0 Å². The normalized spacial score (nSPS) is 13.4. The number of hydrogen-bond acceptors (Lipinski definition) is 3. The van der Waals surface area contributed by atoms with Gasteiger partial charge in [0.15, 0.2) is 0 Å². The highest BCUT2D eigenvalue weighted by molar-refractivity contribution is 5.85. The summed E-state index contributed by atoms with van der Waals surface area (Å²) in [5.74, 6) is -0.105. The first kappa shape index (κ1) is 15.9. The van der Waals surface area contributed by atoms with Gasteiger partial charge in [-0.25, -0.2) is 0 Å². The zero-order valence-electron chi connectivity index (χ0n) is 10.3. The molecule has 0 radical (unpaired) electrons. The first-order valence-corrected chi connectivity index (χ1v) is 5.52. The third kappa shape index (κ3) is 5.15. The van der Waals surface area contributed by atoms with Crippen LogP contribution in [0.3, 0.4) is 0 Å². The first-order chi connectivity index (χ1) is 7.56. The molecule has 96 valence electrons. The fraction of sp³-hybridized carbons (Fsp3) is 0.500. The topological polar surface area (TPSA) is 68.0 Å². The maximum atomic E-state index is 11.8. The number of rotatable bonds is 5. The minimum Gasteiger partial charge on any atom is -0.350 e. The van der Waals surface area contributed by atoms with Gasteiger partial charge >= 0.3 is 0 Å². The fourth-order valence-corrected chi connectivity index (χ4v) is 1.52. The Bertz CT molecular complexity index is 341. The van der Waals surface area contributed by atoms with Gasteiger partial charge in [0.1, 0.15) is 0 Å². The van der Waals surface area contributed by atoms with Crippen LogP contribution >= 0.6 is 12.4 Å². The Morgan fingerprint density at radius 1 is 1.47 bits per heavy atom. The van der Waals surface area contributed by atoms with Gasteiger partial charge in [-0.2, -0.15) is 0 Å². The van der Waals surface area contributed by atoms with Gasteiger partial charge in [-0.05, 0) is 31.0 Å². The summed E-state index contributed by atoms with van der Waals surface area (Å²) in [6.45, 7) is 4.28. The highest BCUT2D eigenvalue weighted by atomic mass is 35.5. The van der Waals surface area contributed by atoms with E-state index in [2.05, 4.69) is 10.3 Å². The molecule has 0 fully saturated rings. The second kappa shape index (κ2) is 7.25. The zero-order valence-corrected chi connectivity index (χ0v) is 11.1. The molecule has 0 aliphatic heterocycles. The molecule has 0 aliphatic rings. The second-order valence-electron chi connectivity index (χ2n) is 4.21. The van der Waals surface area contributed by atoms with Gasteiger partial charge < -0.3 is 11.1 Å². The predicted octanol–water partition coefficient (Wildman–Crippen LogP) is 1.64. The molecule has 0 spiro atoms. The van der Waals surface area contributed by atoms with Crippen LogP contribution < -0.4 is 11.1 Å². The molecule has 1 amide bonds. The Kier molecular flexibility index (Phi) is 6.76. The van der Waals surface area contributed by atoms with Crippen molar-refractivity contribution in [2.24, 2.45) is 5.73 Å². The van der Waals surface area contributed by atoms with Crippen molar-refractivity contribution in [1.29, 1.82) is 0 Å². The van der Waals surface area contributed by atoms with E-state index in [1.54, 1.807) is 19.3 Å². The van der Waals surface area contributed by atoms with Gasteiger partial charge in [-0.1, -0.05) is 13.3 Å². The Morgan fingerprint density at radius 3 is 2.59 bits per heavy atom. The molecule has 1 atom stereocenters. The van der Waals surface area contributed by atoms with E-state index in [-0.39, 0.29) is 18.3 Å². The molecule has 3 N–H and O–H groups in total. The lowest BCUT2D eigenvalue weighted by Crippen LogP contribution is -2.51. The van der Waals surface area contributed by atoms with Crippen LogP contribution in [0.25, 0.3) is 0 Å². The number of hydrogen-bond donors (Lipinski definition) is 2. The summed E-state index contributed by atoms with van der Waals surface area (Å²) in [7, 11) is 0. The average Bonchev–Trinajstić information content (AvgIpc) is 2.27. The molecule has 1 aromatic heterocycles. The molecule has 0 saturated heterocycles. The largest absolute Gasteiger partial charge is 0.350 e. The molecule has 0 aliphatic carbocycles. The molecule has 4 nitrogen and oxygen atoms in total. The predicted molar refractivity (Wildman–Crippen MR) is 70.8 cm³/mol. The lowest BCUT2D eigenvalue weighted by molar-refractivity contribution is -0.126. The molecular weight excluding hydrogens is 238 g/mol. The summed E-state index contributed by atoms with van der Waals surface area (Å²) in [6.07, 6.45) is 5.00. The summed E-state index contributed by atoms with van der Waals surface area (Å²) >= 11 is 0. The summed E-state index contributed by atoms with van der Waals surface area (Å²) in [6, 6.07) is 3.74. The van der Waals surface area contributed by atoms with Crippen molar-refractivity contribution >= 4 is 18.3 Å². The molecular formula is C12H20ClN3O. The number of amides is 1. The molecule has 5 heteroatoms. The van der Waals surface area contributed by atoms with Crippen LogP contribution in [-0.4, -0.2) is 16.4 Å². The highest BCUT2D eigenvalue weighted by Gasteiger charge is 2.26. The summed E-state index contributed by atoms with van der Waals surface area (Å²) in [5, 5.41) is 2.83. The molecule has 0 bridgehead atoms. The van der Waals surface area contributed by atoms with E-state index in [1.165, 1.54) is 0 Å². The van der Waals surface area contributed by atoms with Crippen molar-refractivity contribution < 1.29 is 4.79 Å². The Hall–Kier alpha value is -1.13. The maximum Gasteiger partial charge on any atom is 0.240 e. The number of carbonyl (C=O) groups excluding carboxylic acids is 1. The van der Waals surface area contributed by atoms with Crippen molar-refractivity contribution in [3.05, 3.63) is 30.1 Å². The highest BCUT2D eigenvalue weighted by Crippen LogP contribution is 2.08. The van der Waals surface area contributed by atoms with Crippen molar-refractivity contribution in [2.45, 2.75) is 38.8 Å². The smallest absolute Gasteiger partial charge is 0.240 e. The molecule has 0 aromatic carbocycles. The summed E-state index contributed by atoms with van der Waals surface area (Å²) in [4.78, 5) is 15.7. The van der Waals surface area contributed by atoms with E-state index in [0.717, 1.165) is 12.0 Å². The number of nitrogens with two attached hydrogens (primary N) is 1. The number of carbonyl (C=O) groups is 1. The summed E-state index contributed by atoms with van der Waals surface area (Å²) < 4.78 is 0. The van der Waals surface area contributed by atoms with Crippen LogP contribution in [0.1, 0.15) is 32.3 Å².